The van der Waals surface area contributed by atoms with Gasteiger partial charge in [0.2, 0.25) is 0 Å². The van der Waals surface area contributed by atoms with E-state index in [9.17, 15) is 4.79 Å². The molecular formula is C12H22O. The van der Waals surface area contributed by atoms with E-state index < -0.39 is 0 Å². The van der Waals surface area contributed by atoms with Gasteiger partial charge < -0.3 is 0 Å². The summed E-state index contributed by atoms with van der Waals surface area (Å²) in [6, 6.07) is 0. The molecule has 0 amide bonds. The van der Waals surface area contributed by atoms with Crippen molar-refractivity contribution in [2.75, 3.05) is 0 Å². The number of hydrogen-bond donors (Lipinski definition) is 0. The van der Waals surface area contributed by atoms with Gasteiger partial charge in [0.15, 0.2) is 0 Å². The molecule has 0 aromatic rings. The molecule has 1 aliphatic carbocycles. The van der Waals surface area contributed by atoms with Crippen LogP contribution in [0, 0.1) is 11.8 Å². The third-order valence-corrected chi connectivity index (χ3v) is 2.93. The van der Waals surface area contributed by atoms with Gasteiger partial charge in [-0.2, -0.15) is 0 Å². The molecule has 1 atom stereocenters. The first-order valence-electron chi connectivity index (χ1n) is 5.76. The quantitative estimate of drug-likeness (QED) is 0.588. The molecule has 0 aromatic carbocycles. The predicted octanol–water partition coefficient (Wildman–Crippen LogP) is 3.57. The Morgan fingerprint density at radius 1 is 1.38 bits per heavy atom. The van der Waals surface area contributed by atoms with Gasteiger partial charge in [-0.05, 0) is 25.2 Å². The van der Waals surface area contributed by atoms with E-state index in [1.807, 2.05) is 0 Å². The van der Waals surface area contributed by atoms with Gasteiger partial charge in [-0.25, -0.2) is 0 Å². The molecule has 1 heteroatoms. The van der Waals surface area contributed by atoms with Crippen molar-refractivity contribution in [2.45, 2.75) is 58.8 Å². The Morgan fingerprint density at radius 3 is 2.62 bits per heavy atom. The van der Waals surface area contributed by atoms with Gasteiger partial charge >= 0.3 is 0 Å². The van der Waals surface area contributed by atoms with Crippen LogP contribution in [-0.2, 0) is 4.79 Å². The fraction of sp³-hybridized carbons (Fsp3) is 0.917. The minimum atomic E-state index is 0.474. The van der Waals surface area contributed by atoms with Crippen molar-refractivity contribution < 1.29 is 4.79 Å². The van der Waals surface area contributed by atoms with Crippen molar-refractivity contribution in [2.24, 2.45) is 11.8 Å². The highest BCUT2D eigenvalue weighted by Gasteiger charge is 2.28. The van der Waals surface area contributed by atoms with Crippen LogP contribution in [0.3, 0.4) is 0 Å². The third kappa shape index (κ3) is 4.44. The van der Waals surface area contributed by atoms with Crippen LogP contribution in [0.1, 0.15) is 58.8 Å². The van der Waals surface area contributed by atoms with Gasteiger partial charge in [0, 0.05) is 12.3 Å². The van der Waals surface area contributed by atoms with Crippen LogP contribution in [0.5, 0.6) is 0 Å². The summed E-state index contributed by atoms with van der Waals surface area (Å²) in [6.07, 6.45) is 8.14. The van der Waals surface area contributed by atoms with Crippen molar-refractivity contribution in [1.82, 2.24) is 0 Å². The summed E-state index contributed by atoms with van der Waals surface area (Å²) in [7, 11) is 0. The third-order valence-electron chi connectivity index (χ3n) is 2.93. The lowest BCUT2D eigenvalue weighted by Crippen LogP contribution is -2.01. The van der Waals surface area contributed by atoms with Crippen LogP contribution in [0.15, 0.2) is 0 Å². The molecule has 1 saturated carbocycles. The van der Waals surface area contributed by atoms with Crippen LogP contribution in [0.4, 0.5) is 0 Å². The van der Waals surface area contributed by atoms with E-state index >= 15 is 0 Å². The minimum absolute atomic E-state index is 0.474. The number of Topliss-reactive ketones (excluding diaryl/α,β-unsaturated/α-hetero) is 1. The second kappa shape index (κ2) is 5.41. The number of ketones is 1. The largest absolute Gasteiger partial charge is 0.299 e. The van der Waals surface area contributed by atoms with Gasteiger partial charge in [0.25, 0.3) is 0 Å². The molecule has 1 rings (SSSR count). The smallest absolute Gasteiger partial charge is 0.135 e. The summed E-state index contributed by atoms with van der Waals surface area (Å²) in [5, 5.41) is 0. The topological polar surface area (TPSA) is 17.1 Å². The van der Waals surface area contributed by atoms with Crippen LogP contribution in [0.2, 0.25) is 0 Å². The number of hydrogen-bond acceptors (Lipinski definition) is 1. The first-order chi connectivity index (χ1) is 6.24. The molecule has 0 heterocycles. The molecule has 1 fully saturated rings. The normalized spacial score (nSPS) is 18.6. The van der Waals surface area contributed by atoms with Crippen LogP contribution < -0.4 is 0 Å². The van der Waals surface area contributed by atoms with Gasteiger partial charge in [0.1, 0.15) is 5.78 Å². The Morgan fingerprint density at radius 2 is 2.08 bits per heavy atom. The fourth-order valence-electron chi connectivity index (χ4n) is 1.87. The molecular weight excluding hydrogens is 160 g/mol. The number of carbonyl (C=O) groups is 1. The molecule has 0 N–H and O–H groups in total. The molecule has 0 spiro atoms. The molecule has 1 nitrogen and oxygen atoms in total. The highest BCUT2D eigenvalue weighted by molar-refractivity contribution is 5.82. The highest BCUT2D eigenvalue weighted by atomic mass is 16.1. The zero-order valence-electron chi connectivity index (χ0n) is 9.01. The van der Waals surface area contributed by atoms with Gasteiger partial charge in [-0.15, -0.1) is 0 Å². The monoisotopic (exact) mass is 182 g/mol. The lowest BCUT2D eigenvalue weighted by molar-refractivity contribution is -0.120. The first-order valence-corrected chi connectivity index (χ1v) is 5.76. The summed E-state index contributed by atoms with van der Waals surface area (Å²) < 4.78 is 0. The molecule has 0 aromatic heterocycles. The Hall–Kier alpha value is -0.330. The second-order valence-corrected chi connectivity index (χ2v) is 4.53. The summed E-state index contributed by atoms with van der Waals surface area (Å²) in [5.41, 5.74) is 0. The van der Waals surface area contributed by atoms with E-state index in [0.717, 1.165) is 18.8 Å². The Kier molecular flexibility index (Phi) is 4.47. The Labute approximate surface area is 81.9 Å². The van der Waals surface area contributed by atoms with Crippen molar-refractivity contribution >= 4 is 5.78 Å². The van der Waals surface area contributed by atoms with Crippen LogP contribution >= 0.6 is 0 Å². The van der Waals surface area contributed by atoms with Crippen LogP contribution in [0.25, 0.3) is 0 Å². The average molecular weight is 182 g/mol. The van der Waals surface area contributed by atoms with E-state index in [1.54, 1.807) is 0 Å². The van der Waals surface area contributed by atoms with Crippen LogP contribution in [-0.4, -0.2) is 5.78 Å². The van der Waals surface area contributed by atoms with E-state index in [1.165, 1.54) is 32.1 Å². The van der Waals surface area contributed by atoms with E-state index in [0.29, 0.717) is 11.7 Å². The first kappa shape index (κ1) is 10.7. The summed E-state index contributed by atoms with van der Waals surface area (Å²) in [6.45, 7) is 4.52. The van der Waals surface area contributed by atoms with Gasteiger partial charge in [0.05, 0.1) is 0 Å². The lowest BCUT2D eigenvalue weighted by Gasteiger charge is -2.08. The molecule has 13 heavy (non-hydrogen) atoms. The summed E-state index contributed by atoms with van der Waals surface area (Å²) in [4.78, 5) is 11.3. The minimum Gasteiger partial charge on any atom is -0.299 e. The fourth-order valence-corrected chi connectivity index (χ4v) is 1.87. The van der Waals surface area contributed by atoms with Crippen molar-refractivity contribution in [3.05, 3.63) is 0 Å². The molecule has 0 saturated heterocycles. The predicted molar refractivity (Wildman–Crippen MR) is 55.7 cm³/mol. The van der Waals surface area contributed by atoms with Crippen molar-refractivity contribution in [3.8, 4) is 0 Å². The molecule has 1 aliphatic rings. The molecule has 1 unspecified atom stereocenters. The lowest BCUT2D eigenvalue weighted by atomic mass is 9.98. The molecule has 76 valence electrons. The average Bonchev–Trinajstić information content (AvgIpc) is 2.86. The van der Waals surface area contributed by atoms with E-state index in [4.69, 9.17) is 0 Å². The molecule has 0 radical (unpaired) electrons. The number of carbonyl (C=O) groups excluding carboxylic acids is 1. The van der Waals surface area contributed by atoms with Crippen molar-refractivity contribution in [3.63, 3.8) is 0 Å². The van der Waals surface area contributed by atoms with E-state index in [2.05, 4.69) is 13.8 Å². The summed E-state index contributed by atoms with van der Waals surface area (Å²) >= 11 is 0. The maximum absolute atomic E-state index is 11.3. The van der Waals surface area contributed by atoms with Crippen molar-refractivity contribution in [1.29, 1.82) is 0 Å². The van der Waals surface area contributed by atoms with E-state index in [-0.39, 0.29) is 0 Å². The van der Waals surface area contributed by atoms with Gasteiger partial charge in [-0.1, -0.05) is 33.1 Å². The van der Waals surface area contributed by atoms with Gasteiger partial charge in [-0.3, -0.25) is 4.79 Å². The molecule has 0 aliphatic heterocycles. The maximum atomic E-state index is 11.3. The standard InChI is InChI=1S/C12H22O/c1-3-5-10(2)6-4-7-12(13)11-8-9-11/h10-11H,3-9H2,1-2H3. The SMILES string of the molecule is CCCC(C)CCCC(=O)C1CC1. The Bertz CT molecular complexity index is 159. The zero-order valence-corrected chi connectivity index (χ0v) is 9.01. The second-order valence-electron chi connectivity index (χ2n) is 4.53. The maximum Gasteiger partial charge on any atom is 0.135 e. The zero-order chi connectivity index (χ0) is 9.68. The molecule has 0 bridgehead atoms. The summed E-state index contributed by atoms with van der Waals surface area (Å²) in [5.74, 6) is 1.82. The highest BCUT2D eigenvalue weighted by Crippen LogP contribution is 2.31. The Balaban J connectivity index is 1.96. The number of rotatable bonds is 7.